The van der Waals surface area contributed by atoms with Crippen molar-refractivity contribution in [2.24, 2.45) is 0 Å². The van der Waals surface area contributed by atoms with Crippen LogP contribution in [0.1, 0.15) is 35.8 Å². The van der Waals surface area contributed by atoms with Crippen LogP contribution in [0, 0.1) is 0 Å². The van der Waals surface area contributed by atoms with Gasteiger partial charge in [0.05, 0.1) is 18.2 Å². The Hall–Kier alpha value is -2.74. The molecule has 1 amide bonds. The lowest BCUT2D eigenvalue weighted by Gasteiger charge is -2.20. The number of carbonyl (C=O) groups is 1. The van der Waals surface area contributed by atoms with Crippen LogP contribution in [-0.4, -0.2) is 28.1 Å². The van der Waals surface area contributed by atoms with E-state index in [9.17, 15) is 9.90 Å². The maximum absolute atomic E-state index is 12.2. The first-order chi connectivity index (χ1) is 14.6. The number of nitrogen functional groups attached to an aromatic ring is 1. The van der Waals surface area contributed by atoms with E-state index in [1.807, 2.05) is 54.6 Å². The molecule has 4 rings (SSSR count). The molecule has 7 heteroatoms. The summed E-state index contributed by atoms with van der Waals surface area (Å²) in [6.07, 6.45) is 2.61. The summed E-state index contributed by atoms with van der Waals surface area (Å²) >= 11 is 1.34. The molecule has 5 N–H and O–H groups in total. The van der Waals surface area contributed by atoms with Crippen LogP contribution >= 0.6 is 11.3 Å². The number of nitrogens with two attached hydrogens (primary N) is 1. The number of rotatable bonds is 7. The summed E-state index contributed by atoms with van der Waals surface area (Å²) in [5.74, 6) is -0.108. The highest BCUT2D eigenvalue weighted by Crippen LogP contribution is 2.27. The Kier molecular flexibility index (Phi) is 6.42. The van der Waals surface area contributed by atoms with Gasteiger partial charge in [0.2, 0.25) is 5.91 Å². The molecule has 0 aliphatic carbocycles. The Balaban J connectivity index is 1.27. The van der Waals surface area contributed by atoms with E-state index in [4.69, 9.17) is 5.73 Å². The molecule has 3 aromatic rings. The lowest BCUT2D eigenvalue weighted by molar-refractivity contribution is -0.115. The standard InChI is InChI=1S/C23H26N4O2S/c24-23-27-19(14-30-23)13-21(28)26-17-8-6-15(7-9-17)12-18-10-11-20(25-18)22(29)16-4-2-1-3-5-16/h1-9,14,18,20,22,25,29H,10-13H2,(H2,24,27)(H,26,28)/t18?,20-,22-/m1/s1. The second-order valence-corrected chi connectivity index (χ2v) is 8.60. The number of aromatic nitrogens is 1. The van der Waals surface area contributed by atoms with Crippen molar-refractivity contribution in [3.63, 3.8) is 0 Å². The van der Waals surface area contributed by atoms with E-state index in [0.717, 1.165) is 30.5 Å². The van der Waals surface area contributed by atoms with Gasteiger partial charge in [0.1, 0.15) is 0 Å². The highest BCUT2D eigenvalue weighted by atomic mass is 32.1. The fourth-order valence-electron chi connectivity index (χ4n) is 3.92. The molecule has 1 unspecified atom stereocenters. The zero-order valence-corrected chi connectivity index (χ0v) is 17.4. The number of benzene rings is 2. The van der Waals surface area contributed by atoms with Crippen LogP contribution in [0.3, 0.4) is 0 Å². The molecule has 6 nitrogen and oxygen atoms in total. The van der Waals surface area contributed by atoms with Gasteiger partial charge in [0, 0.05) is 23.2 Å². The molecule has 3 atom stereocenters. The molecule has 0 radical (unpaired) electrons. The predicted molar refractivity (Wildman–Crippen MR) is 120 cm³/mol. The average molecular weight is 423 g/mol. The number of nitrogens with zero attached hydrogens (tertiary/aromatic N) is 1. The van der Waals surface area contributed by atoms with E-state index >= 15 is 0 Å². The van der Waals surface area contributed by atoms with Gasteiger partial charge < -0.3 is 21.5 Å². The van der Waals surface area contributed by atoms with E-state index in [1.165, 1.54) is 16.9 Å². The Morgan fingerprint density at radius 2 is 1.97 bits per heavy atom. The second-order valence-electron chi connectivity index (χ2n) is 7.71. The van der Waals surface area contributed by atoms with Crippen LogP contribution in [0.5, 0.6) is 0 Å². The van der Waals surface area contributed by atoms with Crippen molar-refractivity contribution in [1.82, 2.24) is 10.3 Å². The van der Waals surface area contributed by atoms with E-state index in [2.05, 4.69) is 15.6 Å². The van der Waals surface area contributed by atoms with Gasteiger partial charge >= 0.3 is 0 Å². The third-order valence-corrected chi connectivity index (χ3v) is 6.15. The lowest BCUT2D eigenvalue weighted by Crippen LogP contribution is -2.35. The third kappa shape index (κ3) is 5.24. The van der Waals surface area contributed by atoms with Gasteiger partial charge in [-0.15, -0.1) is 11.3 Å². The summed E-state index contributed by atoms with van der Waals surface area (Å²) in [5.41, 5.74) is 9.21. The minimum atomic E-state index is -0.484. The highest BCUT2D eigenvalue weighted by Gasteiger charge is 2.29. The monoisotopic (exact) mass is 422 g/mol. The number of hydrogen-bond acceptors (Lipinski definition) is 6. The van der Waals surface area contributed by atoms with Gasteiger partial charge in [-0.05, 0) is 42.5 Å². The molecule has 1 aliphatic rings. The lowest BCUT2D eigenvalue weighted by atomic mass is 10.0. The fraction of sp³-hybridized carbons (Fsp3) is 0.304. The highest BCUT2D eigenvalue weighted by molar-refractivity contribution is 7.13. The van der Waals surface area contributed by atoms with Crippen molar-refractivity contribution in [2.45, 2.75) is 43.9 Å². The van der Waals surface area contributed by atoms with Crippen LogP contribution in [0.2, 0.25) is 0 Å². The van der Waals surface area contributed by atoms with E-state index in [0.29, 0.717) is 16.9 Å². The fourth-order valence-corrected chi connectivity index (χ4v) is 4.49. The van der Waals surface area contributed by atoms with E-state index < -0.39 is 6.10 Å². The third-order valence-electron chi connectivity index (χ3n) is 5.43. The summed E-state index contributed by atoms with van der Waals surface area (Å²) < 4.78 is 0. The number of carbonyl (C=O) groups excluding carboxylic acids is 1. The molecule has 30 heavy (non-hydrogen) atoms. The summed E-state index contributed by atoms with van der Waals surface area (Å²) in [6.45, 7) is 0. The number of aliphatic hydroxyl groups excluding tert-OH is 1. The zero-order chi connectivity index (χ0) is 20.9. The second kappa shape index (κ2) is 9.38. The molecular formula is C23H26N4O2S. The summed E-state index contributed by atoms with van der Waals surface area (Å²) in [7, 11) is 0. The summed E-state index contributed by atoms with van der Waals surface area (Å²) in [6, 6.07) is 18.2. The number of hydrogen-bond donors (Lipinski definition) is 4. The molecule has 1 saturated heterocycles. The van der Waals surface area contributed by atoms with Gasteiger partial charge in [-0.1, -0.05) is 42.5 Å². The van der Waals surface area contributed by atoms with Crippen LogP contribution in [0.15, 0.2) is 60.0 Å². The average Bonchev–Trinajstić information content (AvgIpc) is 3.38. The van der Waals surface area contributed by atoms with Gasteiger partial charge in [0.25, 0.3) is 0 Å². The minimum Gasteiger partial charge on any atom is -0.387 e. The number of anilines is 2. The molecule has 1 aromatic heterocycles. The van der Waals surface area contributed by atoms with Crippen molar-refractivity contribution in [2.75, 3.05) is 11.1 Å². The van der Waals surface area contributed by atoms with Crippen molar-refractivity contribution >= 4 is 28.1 Å². The van der Waals surface area contributed by atoms with Gasteiger partial charge in [-0.3, -0.25) is 4.79 Å². The molecule has 1 fully saturated rings. The first-order valence-corrected chi connectivity index (χ1v) is 11.0. The maximum atomic E-state index is 12.2. The maximum Gasteiger partial charge on any atom is 0.230 e. The Bertz CT molecular complexity index is 974. The van der Waals surface area contributed by atoms with E-state index in [1.54, 1.807) is 5.38 Å². The molecule has 2 aromatic carbocycles. The summed E-state index contributed by atoms with van der Waals surface area (Å²) in [5, 5.41) is 19.4. The van der Waals surface area contributed by atoms with Gasteiger partial charge in [-0.25, -0.2) is 4.98 Å². The first kappa shape index (κ1) is 20.5. The van der Waals surface area contributed by atoms with E-state index in [-0.39, 0.29) is 18.4 Å². The quantitative estimate of drug-likeness (QED) is 0.468. The largest absolute Gasteiger partial charge is 0.387 e. The molecule has 2 heterocycles. The topological polar surface area (TPSA) is 100 Å². The molecule has 0 bridgehead atoms. The number of aliphatic hydroxyl groups is 1. The van der Waals surface area contributed by atoms with Crippen molar-refractivity contribution in [3.8, 4) is 0 Å². The SMILES string of the molecule is Nc1nc(CC(=O)Nc2ccc(CC3CC[C@H]([C@H](O)c4ccccc4)N3)cc2)cs1. The van der Waals surface area contributed by atoms with Crippen LogP contribution in [0.4, 0.5) is 10.8 Å². The molecule has 0 saturated carbocycles. The van der Waals surface area contributed by atoms with Crippen molar-refractivity contribution in [1.29, 1.82) is 0 Å². The van der Waals surface area contributed by atoms with Crippen LogP contribution in [0.25, 0.3) is 0 Å². The van der Waals surface area contributed by atoms with Crippen molar-refractivity contribution in [3.05, 3.63) is 76.8 Å². The number of nitrogens with one attached hydrogen (secondary N) is 2. The van der Waals surface area contributed by atoms with Crippen LogP contribution < -0.4 is 16.4 Å². The predicted octanol–water partition coefficient (Wildman–Crippen LogP) is 3.30. The minimum absolute atomic E-state index is 0.0794. The van der Waals surface area contributed by atoms with Crippen LogP contribution in [-0.2, 0) is 17.6 Å². The number of thiazole rings is 1. The van der Waals surface area contributed by atoms with Gasteiger partial charge in [0.15, 0.2) is 5.13 Å². The molecule has 0 spiro atoms. The van der Waals surface area contributed by atoms with Gasteiger partial charge in [-0.2, -0.15) is 0 Å². The normalized spacial score (nSPS) is 19.5. The summed E-state index contributed by atoms with van der Waals surface area (Å²) in [4.78, 5) is 16.3. The smallest absolute Gasteiger partial charge is 0.230 e. The first-order valence-electron chi connectivity index (χ1n) is 10.1. The number of amides is 1. The molecule has 1 aliphatic heterocycles. The molecular weight excluding hydrogens is 396 g/mol. The molecule has 156 valence electrons. The Labute approximate surface area is 180 Å². The Morgan fingerprint density at radius 3 is 2.67 bits per heavy atom. The zero-order valence-electron chi connectivity index (χ0n) is 16.6. The Morgan fingerprint density at radius 1 is 1.20 bits per heavy atom. The van der Waals surface area contributed by atoms with Crippen molar-refractivity contribution < 1.29 is 9.90 Å².